The maximum absolute atomic E-state index is 12.9. The van der Waals surface area contributed by atoms with Crippen molar-refractivity contribution >= 4 is 34.2 Å². The fourth-order valence-electron chi connectivity index (χ4n) is 3.45. The molecule has 3 aromatic carbocycles. The number of aromatic nitrogens is 2. The number of amides is 1. The molecule has 1 heterocycles. The van der Waals surface area contributed by atoms with Crippen molar-refractivity contribution in [3.05, 3.63) is 88.7 Å². The van der Waals surface area contributed by atoms with Crippen molar-refractivity contribution in [2.45, 2.75) is 27.0 Å². The predicted molar refractivity (Wildman–Crippen MR) is 120 cm³/mol. The van der Waals surface area contributed by atoms with Gasteiger partial charge in [0.05, 0.1) is 16.1 Å². The van der Waals surface area contributed by atoms with Gasteiger partial charge in [-0.05, 0) is 49.2 Å². The third-order valence-corrected chi connectivity index (χ3v) is 5.29. The maximum Gasteiger partial charge on any atom is 0.244 e. The highest BCUT2D eigenvalue weighted by Gasteiger charge is 2.16. The van der Waals surface area contributed by atoms with E-state index in [0.29, 0.717) is 16.6 Å². The van der Waals surface area contributed by atoms with Gasteiger partial charge >= 0.3 is 0 Å². The van der Waals surface area contributed by atoms with Gasteiger partial charge in [-0.25, -0.2) is 4.98 Å². The molecule has 5 nitrogen and oxygen atoms in total. The van der Waals surface area contributed by atoms with Gasteiger partial charge in [0.1, 0.15) is 24.7 Å². The molecule has 1 aromatic heterocycles. The molecule has 4 aromatic rings. The van der Waals surface area contributed by atoms with E-state index < -0.39 is 0 Å². The topological polar surface area (TPSA) is 56.2 Å². The summed E-state index contributed by atoms with van der Waals surface area (Å²) in [6.07, 6.45) is 0. The van der Waals surface area contributed by atoms with E-state index in [1.165, 1.54) is 0 Å². The lowest BCUT2D eigenvalue weighted by Gasteiger charge is -2.14. The lowest BCUT2D eigenvalue weighted by molar-refractivity contribution is -0.116. The van der Waals surface area contributed by atoms with E-state index in [0.717, 1.165) is 27.8 Å². The highest BCUT2D eigenvalue weighted by atomic mass is 35.5. The van der Waals surface area contributed by atoms with Gasteiger partial charge in [0.25, 0.3) is 0 Å². The maximum atomic E-state index is 12.9. The second-order valence-electron chi connectivity index (χ2n) is 7.14. The monoisotopic (exact) mass is 419 g/mol. The highest BCUT2D eigenvalue weighted by Crippen LogP contribution is 2.25. The molecule has 0 radical (unpaired) electrons. The number of nitrogens with zero attached hydrogens (tertiary/aromatic N) is 2. The molecule has 0 fully saturated rings. The molecular weight excluding hydrogens is 398 g/mol. The lowest BCUT2D eigenvalue weighted by atomic mass is 10.1. The summed E-state index contributed by atoms with van der Waals surface area (Å²) >= 11 is 6.20. The van der Waals surface area contributed by atoms with Crippen molar-refractivity contribution in [1.82, 2.24) is 9.55 Å². The Bertz CT molecular complexity index is 1200. The predicted octanol–water partition coefficient (Wildman–Crippen LogP) is 5.52. The van der Waals surface area contributed by atoms with Crippen molar-refractivity contribution in [3.63, 3.8) is 0 Å². The first-order valence-electron chi connectivity index (χ1n) is 9.70. The molecule has 0 saturated carbocycles. The highest BCUT2D eigenvalue weighted by molar-refractivity contribution is 6.32. The Morgan fingerprint density at radius 1 is 1.00 bits per heavy atom. The molecule has 0 aliphatic heterocycles. The van der Waals surface area contributed by atoms with Crippen LogP contribution < -0.4 is 10.1 Å². The SMILES string of the molecule is Cc1cccc(C)c1NC(=O)Cn1c(COc2ccccc2Cl)nc2ccccc21. The summed E-state index contributed by atoms with van der Waals surface area (Å²) in [5, 5.41) is 3.58. The molecule has 4 rings (SSSR count). The smallest absolute Gasteiger partial charge is 0.244 e. The number of hydrogen-bond donors (Lipinski definition) is 1. The number of para-hydroxylation sites is 4. The van der Waals surface area contributed by atoms with Crippen molar-refractivity contribution in [2.24, 2.45) is 0 Å². The van der Waals surface area contributed by atoms with Crippen molar-refractivity contribution in [2.75, 3.05) is 5.32 Å². The van der Waals surface area contributed by atoms with Crippen LogP contribution in [0, 0.1) is 13.8 Å². The molecule has 0 aliphatic carbocycles. The fourth-order valence-corrected chi connectivity index (χ4v) is 3.64. The molecule has 0 saturated heterocycles. The summed E-state index contributed by atoms with van der Waals surface area (Å²) < 4.78 is 7.77. The average molecular weight is 420 g/mol. The summed E-state index contributed by atoms with van der Waals surface area (Å²) in [5.74, 6) is 1.13. The Hall–Kier alpha value is -3.31. The molecule has 0 spiro atoms. The Balaban J connectivity index is 1.60. The third kappa shape index (κ3) is 4.16. The van der Waals surface area contributed by atoms with E-state index in [2.05, 4.69) is 10.3 Å². The number of fused-ring (bicyclic) bond motifs is 1. The van der Waals surface area contributed by atoms with Gasteiger partial charge in [-0.15, -0.1) is 0 Å². The van der Waals surface area contributed by atoms with Crippen LogP contribution in [-0.4, -0.2) is 15.5 Å². The number of ether oxygens (including phenoxy) is 1. The van der Waals surface area contributed by atoms with Gasteiger partial charge in [-0.2, -0.15) is 0 Å². The van der Waals surface area contributed by atoms with Gasteiger partial charge in [0, 0.05) is 5.69 Å². The van der Waals surface area contributed by atoms with Gasteiger partial charge in [-0.3, -0.25) is 4.79 Å². The second kappa shape index (κ2) is 8.59. The second-order valence-corrected chi connectivity index (χ2v) is 7.54. The molecule has 1 N–H and O–H groups in total. The molecule has 152 valence electrons. The number of halogens is 1. The molecule has 6 heteroatoms. The van der Waals surface area contributed by atoms with Gasteiger partial charge < -0.3 is 14.6 Å². The fraction of sp³-hybridized carbons (Fsp3) is 0.167. The number of nitrogens with one attached hydrogen (secondary N) is 1. The molecular formula is C24H22ClN3O2. The zero-order valence-corrected chi connectivity index (χ0v) is 17.6. The molecule has 0 atom stereocenters. The summed E-state index contributed by atoms with van der Waals surface area (Å²) in [5.41, 5.74) is 4.60. The van der Waals surface area contributed by atoms with Crippen LogP contribution in [0.25, 0.3) is 11.0 Å². The van der Waals surface area contributed by atoms with Crippen LogP contribution >= 0.6 is 11.6 Å². The minimum absolute atomic E-state index is 0.116. The molecule has 30 heavy (non-hydrogen) atoms. The number of carbonyl (C=O) groups is 1. The normalized spacial score (nSPS) is 10.9. The van der Waals surface area contributed by atoms with Gasteiger partial charge in [0.2, 0.25) is 5.91 Å². The van der Waals surface area contributed by atoms with Crippen molar-refractivity contribution in [1.29, 1.82) is 0 Å². The molecule has 0 bridgehead atoms. The lowest BCUT2D eigenvalue weighted by Crippen LogP contribution is -2.21. The number of carbonyl (C=O) groups excluding carboxylic acids is 1. The number of rotatable bonds is 6. The number of hydrogen-bond acceptors (Lipinski definition) is 3. The molecule has 0 aliphatic rings. The average Bonchev–Trinajstić information content (AvgIpc) is 3.08. The third-order valence-electron chi connectivity index (χ3n) is 4.97. The molecule has 1 amide bonds. The minimum atomic E-state index is -0.116. The van der Waals surface area contributed by atoms with Crippen LogP contribution in [0.2, 0.25) is 5.02 Å². The van der Waals surface area contributed by atoms with Crippen LogP contribution in [0.1, 0.15) is 17.0 Å². The van der Waals surface area contributed by atoms with Crippen LogP contribution in [0.3, 0.4) is 0 Å². The zero-order chi connectivity index (χ0) is 21.1. The van der Waals surface area contributed by atoms with E-state index in [9.17, 15) is 4.79 Å². The Kier molecular flexibility index (Phi) is 5.72. The van der Waals surface area contributed by atoms with Crippen molar-refractivity contribution < 1.29 is 9.53 Å². The number of anilines is 1. The van der Waals surface area contributed by atoms with E-state index in [1.54, 1.807) is 6.07 Å². The van der Waals surface area contributed by atoms with Crippen LogP contribution in [0.4, 0.5) is 5.69 Å². The van der Waals surface area contributed by atoms with E-state index in [4.69, 9.17) is 16.3 Å². The standard InChI is InChI=1S/C24H22ClN3O2/c1-16-8-7-9-17(2)24(16)27-23(29)14-28-20-12-5-4-11-19(20)26-22(28)15-30-21-13-6-3-10-18(21)25/h3-13H,14-15H2,1-2H3,(H,27,29). The van der Waals surface area contributed by atoms with Crippen LogP contribution in [0.5, 0.6) is 5.75 Å². The van der Waals surface area contributed by atoms with E-state index in [-0.39, 0.29) is 19.1 Å². The van der Waals surface area contributed by atoms with Crippen LogP contribution in [-0.2, 0) is 17.9 Å². The number of benzene rings is 3. The number of aryl methyl sites for hydroxylation is 2. The quantitative estimate of drug-likeness (QED) is 0.447. The molecule has 0 unspecified atom stereocenters. The van der Waals surface area contributed by atoms with Gasteiger partial charge in [-0.1, -0.05) is 54.1 Å². The van der Waals surface area contributed by atoms with E-state index in [1.807, 2.05) is 79.1 Å². The number of imidazole rings is 1. The van der Waals surface area contributed by atoms with Gasteiger partial charge in [0.15, 0.2) is 0 Å². The largest absolute Gasteiger partial charge is 0.484 e. The Morgan fingerprint density at radius 3 is 2.47 bits per heavy atom. The Labute approximate surface area is 180 Å². The first-order valence-corrected chi connectivity index (χ1v) is 10.1. The Morgan fingerprint density at radius 2 is 1.70 bits per heavy atom. The summed E-state index contributed by atoms with van der Waals surface area (Å²) in [6.45, 7) is 4.31. The van der Waals surface area contributed by atoms with E-state index >= 15 is 0 Å². The first-order chi connectivity index (χ1) is 14.5. The first kappa shape index (κ1) is 20.0. The summed E-state index contributed by atoms with van der Waals surface area (Å²) in [7, 11) is 0. The van der Waals surface area contributed by atoms with Crippen molar-refractivity contribution in [3.8, 4) is 5.75 Å². The zero-order valence-electron chi connectivity index (χ0n) is 16.9. The van der Waals surface area contributed by atoms with Crippen LogP contribution in [0.15, 0.2) is 66.7 Å². The summed E-state index contributed by atoms with van der Waals surface area (Å²) in [4.78, 5) is 17.6. The minimum Gasteiger partial charge on any atom is -0.484 e. The summed E-state index contributed by atoms with van der Waals surface area (Å²) in [6, 6.07) is 21.0.